The zero-order valence-electron chi connectivity index (χ0n) is 3.94. The smallest absolute Gasteiger partial charge is 0.213 e. The fraction of sp³-hybridized carbons (Fsp3) is 0.750. The second-order valence-corrected chi connectivity index (χ2v) is 1.12. The lowest BCUT2D eigenvalue weighted by atomic mass is 9.76. The van der Waals surface area contributed by atoms with E-state index >= 15 is 0 Å². The zero-order chi connectivity index (χ0) is 4.83. The largest absolute Gasteiger partial charge is 0.254 e. The van der Waals surface area contributed by atoms with E-state index in [2.05, 4.69) is 0 Å². The molecule has 0 aliphatic heterocycles. The molecule has 6 heavy (non-hydrogen) atoms. The highest BCUT2D eigenvalue weighted by atomic mass is 14.2. The second-order valence-electron chi connectivity index (χ2n) is 1.12. The first kappa shape index (κ1) is 5.55. The Hall–Kier alpha value is -0.445. The van der Waals surface area contributed by atoms with Crippen LogP contribution in [0, 0.1) is 11.2 Å². The van der Waals surface area contributed by atoms with Crippen molar-refractivity contribution in [2.75, 3.05) is 0 Å². The Morgan fingerprint density at radius 1 is 1.83 bits per heavy atom. The summed E-state index contributed by atoms with van der Waals surface area (Å²) in [4.78, 5) is 0. The maximum atomic E-state index is 7.89. The van der Waals surface area contributed by atoms with Gasteiger partial charge in [0.2, 0.25) is 0 Å². The van der Waals surface area contributed by atoms with Crippen LogP contribution in [0.2, 0.25) is 6.32 Å². The predicted octanol–water partition coefficient (Wildman–Crippen LogP) is 1.000. The first-order valence-corrected chi connectivity index (χ1v) is 2.13. The molecule has 0 atom stereocenters. The minimum atomic E-state index is 0.927. The molecule has 0 saturated heterocycles. The lowest BCUT2D eigenvalue weighted by Gasteiger charge is -1.74. The monoisotopic (exact) mass is 80.1 g/mol. The zero-order valence-corrected chi connectivity index (χ0v) is 3.94. The summed E-state index contributed by atoms with van der Waals surface area (Å²) in [6.45, 7) is 2.05. The average molecular weight is 79.9 g/mol. The maximum absolute atomic E-state index is 7.89. The van der Waals surface area contributed by atoms with E-state index in [1.54, 1.807) is 7.28 Å². The summed E-state index contributed by atoms with van der Waals surface area (Å²) >= 11 is 0. The van der Waals surface area contributed by atoms with Gasteiger partial charge in [-0.25, -0.2) is 5.26 Å². The van der Waals surface area contributed by atoms with E-state index < -0.39 is 0 Å². The number of hydrogen-bond donors (Lipinski definition) is 0. The Balaban J connectivity index is 2.54. The summed E-state index contributed by atoms with van der Waals surface area (Å²) in [5.41, 5.74) is 0. The van der Waals surface area contributed by atoms with Gasteiger partial charge in [0.1, 0.15) is 0 Å². The van der Waals surface area contributed by atoms with Crippen molar-refractivity contribution in [2.45, 2.75) is 19.7 Å². The number of nitrogens with zero attached hydrogens (tertiary/aromatic N) is 1. The predicted molar refractivity (Wildman–Crippen MR) is 26.5 cm³/mol. The van der Waals surface area contributed by atoms with Gasteiger partial charge in [-0.1, -0.05) is 19.7 Å². The maximum Gasteiger partial charge on any atom is 0.254 e. The molecule has 0 unspecified atom stereocenters. The molecule has 0 aromatic rings. The van der Waals surface area contributed by atoms with Gasteiger partial charge in [-0.3, -0.25) is 0 Å². The van der Waals surface area contributed by atoms with Gasteiger partial charge in [-0.15, -0.1) is 0 Å². The third-order valence-electron chi connectivity index (χ3n) is 0.524. The topological polar surface area (TPSA) is 23.8 Å². The van der Waals surface area contributed by atoms with E-state index in [9.17, 15) is 0 Å². The van der Waals surface area contributed by atoms with Crippen LogP contribution in [-0.2, 0) is 0 Å². The van der Waals surface area contributed by atoms with Gasteiger partial charge < -0.3 is 0 Å². The molecule has 1 radical (unpaired) electrons. The molecule has 2 heteroatoms. The fourth-order valence-corrected chi connectivity index (χ4v) is 0.209. The molecule has 0 rings (SSSR count). The van der Waals surface area contributed by atoms with Crippen LogP contribution in [0.3, 0.4) is 0 Å². The summed E-state index contributed by atoms with van der Waals surface area (Å²) in [5.74, 6) is 1.94. The molecule has 0 amide bonds. The van der Waals surface area contributed by atoms with Gasteiger partial charge in [-0.05, 0) is 5.97 Å². The van der Waals surface area contributed by atoms with Gasteiger partial charge >= 0.3 is 0 Å². The molecule has 0 fully saturated rings. The highest BCUT2D eigenvalue weighted by Crippen LogP contribution is 1.80. The van der Waals surface area contributed by atoms with Crippen LogP contribution in [0.15, 0.2) is 0 Å². The molecule has 0 aliphatic rings. The van der Waals surface area contributed by atoms with Gasteiger partial charge in [0.15, 0.2) is 0 Å². The highest BCUT2D eigenvalue weighted by molar-refractivity contribution is 6.44. The van der Waals surface area contributed by atoms with Crippen LogP contribution < -0.4 is 0 Å². The van der Waals surface area contributed by atoms with Crippen molar-refractivity contribution in [3.05, 3.63) is 0 Å². The first-order valence-electron chi connectivity index (χ1n) is 2.13. The van der Waals surface area contributed by atoms with E-state index in [0.29, 0.717) is 0 Å². The standard InChI is InChI=1S/C4H7BN/c1-2-3-5-4-6/h2-3H2,1H3. The summed E-state index contributed by atoms with van der Waals surface area (Å²) in [7, 11) is 1.61. The number of rotatable bonds is 2. The van der Waals surface area contributed by atoms with Crippen LogP contribution in [0.25, 0.3) is 0 Å². The third kappa shape index (κ3) is 3.55. The lowest BCUT2D eigenvalue weighted by molar-refractivity contribution is 1.08. The SMILES string of the molecule is CCC[B]C#N. The Bertz CT molecular complexity index is 55.1. The molecular formula is C4H7BN. The van der Waals surface area contributed by atoms with Crippen molar-refractivity contribution < 1.29 is 0 Å². The van der Waals surface area contributed by atoms with Crippen LogP contribution in [0.5, 0.6) is 0 Å². The second kappa shape index (κ2) is 4.55. The summed E-state index contributed by atoms with van der Waals surface area (Å²) in [5, 5.41) is 7.89. The van der Waals surface area contributed by atoms with Crippen LogP contribution in [-0.4, -0.2) is 7.28 Å². The summed E-state index contributed by atoms with van der Waals surface area (Å²) < 4.78 is 0. The molecule has 0 heterocycles. The van der Waals surface area contributed by atoms with Gasteiger partial charge in [0.05, 0.1) is 0 Å². The molecule has 31 valence electrons. The Kier molecular flexibility index (Phi) is 4.22. The Morgan fingerprint density at radius 3 is 2.67 bits per heavy atom. The minimum absolute atomic E-state index is 0.927. The van der Waals surface area contributed by atoms with E-state index in [-0.39, 0.29) is 0 Å². The lowest BCUT2D eigenvalue weighted by Crippen LogP contribution is -1.78. The van der Waals surface area contributed by atoms with Crippen LogP contribution in [0.1, 0.15) is 13.3 Å². The molecule has 0 aromatic carbocycles. The van der Waals surface area contributed by atoms with Crippen molar-refractivity contribution in [3.63, 3.8) is 0 Å². The molecule has 0 aromatic heterocycles. The Morgan fingerprint density at radius 2 is 2.50 bits per heavy atom. The molecule has 0 aliphatic carbocycles. The van der Waals surface area contributed by atoms with E-state index in [0.717, 1.165) is 12.7 Å². The molecule has 0 bridgehead atoms. The van der Waals surface area contributed by atoms with Crippen molar-refractivity contribution in [3.8, 4) is 5.97 Å². The fourth-order valence-electron chi connectivity index (χ4n) is 0.209. The number of hydrogen-bond acceptors (Lipinski definition) is 1. The highest BCUT2D eigenvalue weighted by Gasteiger charge is 1.79. The molecule has 0 spiro atoms. The number of nitriles is 1. The Labute approximate surface area is 39.2 Å². The molecular weight excluding hydrogens is 72.9 g/mol. The van der Waals surface area contributed by atoms with Gasteiger partial charge in [0, 0.05) is 0 Å². The van der Waals surface area contributed by atoms with E-state index in [1.807, 2.05) is 12.9 Å². The summed E-state index contributed by atoms with van der Waals surface area (Å²) in [6.07, 6.45) is 2.00. The molecule has 0 saturated carbocycles. The minimum Gasteiger partial charge on any atom is -0.213 e. The molecule has 1 nitrogen and oxygen atoms in total. The van der Waals surface area contributed by atoms with Gasteiger partial charge in [-0.2, -0.15) is 0 Å². The van der Waals surface area contributed by atoms with Crippen LogP contribution in [0.4, 0.5) is 0 Å². The third-order valence-corrected chi connectivity index (χ3v) is 0.524. The average Bonchev–Trinajstić information content (AvgIpc) is 1.61. The van der Waals surface area contributed by atoms with Crippen LogP contribution >= 0.6 is 0 Å². The van der Waals surface area contributed by atoms with Gasteiger partial charge in [0.25, 0.3) is 7.28 Å². The summed E-state index contributed by atoms with van der Waals surface area (Å²) in [6, 6.07) is 0. The van der Waals surface area contributed by atoms with E-state index in [4.69, 9.17) is 5.26 Å². The van der Waals surface area contributed by atoms with Crippen molar-refractivity contribution in [1.82, 2.24) is 0 Å². The normalized spacial score (nSPS) is 6.67. The van der Waals surface area contributed by atoms with E-state index in [1.165, 1.54) is 0 Å². The van der Waals surface area contributed by atoms with Crippen molar-refractivity contribution >= 4 is 7.28 Å². The molecule has 0 N–H and O–H groups in total. The van der Waals surface area contributed by atoms with Crippen molar-refractivity contribution in [1.29, 1.82) is 5.26 Å². The van der Waals surface area contributed by atoms with Crippen molar-refractivity contribution in [2.24, 2.45) is 0 Å². The quantitative estimate of drug-likeness (QED) is 0.358. The first-order chi connectivity index (χ1) is 2.91.